The van der Waals surface area contributed by atoms with Crippen molar-refractivity contribution in [1.29, 1.82) is 0 Å². The second-order valence-corrected chi connectivity index (χ2v) is 8.22. The normalized spacial score (nSPS) is 21.7. The fourth-order valence-electron chi connectivity index (χ4n) is 3.88. The summed E-state index contributed by atoms with van der Waals surface area (Å²) in [4.78, 5) is 30.9. The molecule has 4 rings (SSSR count). The van der Waals surface area contributed by atoms with Crippen molar-refractivity contribution in [3.63, 3.8) is 0 Å². The van der Waals surface area contributed by atoms with Crippen LogP contribution in [0.3, 0.4) is 0 Å². The van der Waals surface area contributed by atoms with Crippen molar-refractivity contribution in [3.05, 3.63) is 51.2 Å². The van der Waals surface area contributed by atoms with Crippen molar-refractivity contribution < 1.29 is 14.5 Å². The molecule has 1 aromatic carbocycles. The SMILES string of the molecule is CC1(CN2CCN(C(=O)Cc3ccc(Cl)cc3)CC2)Cn2cc([N+](=O)[O-])nc2O1. The second kappa shape index (κ2) is 7.64. The third kappa shape index (κ3) is 4.35. The topological polar surface area (TPSA) is 93.7 Å². The van der Waals surface area contributed by atoms with Crippen LogP contribution in [0.4, 0.5) is 5.82 Å². The van der Waals surface area contributed by atoms with Gasteiger partial charge in [-0.25, -0.2) is 0 Å². The number of carbonyl (C=O) groups is 1. The van der Waals surface area contributed by atoms with Gasteiger partial charge < -0.3 is 19.8 Å². The number of piperazine rings is 1. The van der Waals surface area contributed by atoms with E-state index in [0.717, 1.165) is 18.7 Å². The van der Waals surface area contributed by atoms with Gasteiger partial charge >= 0.3 is 11.8 Å². The average Bonchev–Trinajstić information content (AvgIpc) is 3.19. The first-order valence-corrected chi connectivity index (χ1v) is 9.84. The Morgan fingerprint density at radius 2 is 1.97 bits per heavy atom. The van der Waals surface area contributed by atoms with E-state index in [-0.39, 0.29) is 17.7 Å². The average molecular weight is 420 g/mol. The van der Waals surface area contributed by atoms with E-state index in [9.17, 15) is 14.9 Å². The molecule has 1 aromatic heterocycles. The summed E-state index contributed by atoms with van der Waals surface area (Å²) in [6, 6.07) is 7.63. The maximum atomic E-state index is 12.6. The highest BCUT2D eigenvalue weighted by Gasteiger charge is 2.41. The van der Waals surface area contributed by atoms with Crippen LogP contribution in [0.15, 0.2) is 30.5 Å². The van der Waals surface area contributed by atoms with Gasteiger partial charge in [0.2, 0.25) is 5.91 Å². The number of hydrogen-bond acceptors (Lipinski definition) is 6. The maximum Gasteiger partial charge on any atom is 0.415 e. The minimum Gasteiger partial charge on any atom is -0.436 e. The predicted molar refractivity (Wildman–Crippen MR) is 106 cm³/mol. The summed E-state index contributed by atoms with van der Waals surface area (Å²) in [6.07, 6.45) is 1.78. The standard InChI is InChI=1S/C19H22ClN5O4/c1-19(13-24-11-16(25(27)28)21-18(24)29-19)12-22-6-8-23(9-7-22)17(26)10-14-2-4-15(20)5-3-14/h2-5,11H,6-10,12-13H2,1H3. The molecule has 2 aliphatic rings. The van der Waals surface area contributed by atoms with Crippen molar-refractivity contribution in [1.82, 2.24) is 19.4 Å². The Morgan fingerprint density at radius 1 is 1.28 bits per heavy atom. The molecular weight excluding hydrogens is 398 g/mol. The van der Waals surface area contributed by atoms with Gasteiger partial charge in [-0.3, -0.25) is 14.3 Å². The molecule has 0 radical (unpaired) electrons. The van der Waals surface area contributed by atoms with Gasteiger partial charge in [0.05, 0.1) is 13.0 Å². The van der Waals surface area contributed by atoms with Gasteiger partial charge in [0.15, 0.2) is 0 Å². The number of benzene rings is 1. The Kier molecular flexibility index (Phi) is 5.18. The van der Waals surface area contributed by atoms with Gasteiger partial charge in [-0.2, -0.15) is 0 Å². The van der Waals surface area contributed by atoms with E-state index in [2.05, 4.69) is 9.88 Å². The highest BCUT2D eigenvalue weighted by Crippen LogP contribution is 2.31. The van der Waals surface area contributed by atoms with Crippen molar-refractivity contribution in [2.45, 2.75) is 25.5 Å². The predicted octanol–water partition coefficient (Wildman–Crippen LogP) is 1.98. The smallest absolute Gasteiger partial charge is 0.415 e. The Hall–Kier alpha value is -2.65. The molecule has 2 aromatic rings. The third-order valence-electron chi connectivity index (χ3n) is 5.31. The Labute approximate surface area is 173 Å². The molecule has 0 bridgehead atoms. The van der Waals surface area contributed by atoms with E-state index >= 15 is 0 Å². The number of nitrogens with zero attached hydrogens (tertiary/aromatic N) is 5. The summed E-state index contributed by atoms with van der Waals surface area (Å²) in [5.41, 5.74) is 0.463. The monoisotopic (exact) mass is 419 g/mol. The van der Waals surface area contributed by atoms with Crippen molar-refractivity contribution >= 4 is 23.3 Å². The molecule has 0 N–H and O–H groups in total. The molecule has 0 aliphatic carbocycles. The molecule has 1 atom stereocenters. The molecular formula is C19H22ClN5O4. The molecule has 1 saturated heterocycles. The Bertz CT molecular complexity index is 898. The van der Waals surface area contributed by atoms with Crippen LogP contribution in [-0.2, 0) is 17.8 Å². The second-order valence-electron chi connectivity index (χ2n) is 7.78. The quantitative estimate of drug-likeness (QED) is 0.543. The van der Waals surface area contributed by atoms with E-state index in [1.165, 1.54) is 6.20 Å². The van der Waals surface area contributed by atoms with Crippen molar-refractivity contribution in [2.75, 3.05) is 32.7 Å². The van der Waals surface area contributed by atoms with Crippen LogP contribution in [0.2, 0.25) is 5.02 Å². The summed E-state index contributed by atoms with van der Waals surface area (Å²) < 4.78 is 7.59. The van der Waals surface area contributed by atoms with Gasteiger partial charge in [-0.05, 0) is 29.5 Å². The molecule has 154 valence electrons. The largest absolute Gasteiger partial charge is 0.436 e. The minimum atomic E-state index is -0.522. The molecule has 1 amide bonds. The van der Waals surface area contributed by atoms with Crippen LogP contribution >= 0.6 is 11.6 Å². The number of amides is 1. The number of fused-ring (bicyclic) bond motifs is 1. The molecule has 1 unspecified atom stereocenters. The highest BCUT2D eigenvalue weighted by atomic mass is 35.5. The molecule has 0 spiro atoms. The first-order valence-electron chi connectivity index (χ1n) is 9.46. The highest BCUT2D eigenvalue weighted by molar-refractivity contribution is 6.30. The van der Waals surface area contributed by atoms with Crippen molar-refractivity contribution in [2.24, 2.45) is 0 Å². The lowest BCUT2D eigenvalue weighted by molar-refractivity contribution is -0.389. The van der Waals surface area contributed by atoms with Gasteiger partial charge in [0, 0.05) is 42.7 Å². The number of aromatic nitrogens is 2. The molecule has 10 heteroatoms. The lowest BCUT2D eigenvalue weighted by atomic mass is 10.1. The van der Waals surface area contributed by atoms with Crippen LogP contribution in [0.1, 0.15) is 12.5 Å². The maximum absolute atomic E-state index is 12.6. The summed E-state index contributed by atoms with van der Waals surface area (Å²) in [5.74, 6) is -0.0855. The first-order chi connectivity index (χ1) is 13.8. The number of carbonyl (C=O) groups excluding carboxylic acids is 1. The van der Waals surface area contributed by atoms with Gasteiger partial charge in [-0.1, -0.05) is 23.7 Å². The van der Waals surface area contributed by atoms with E-state index in [0.29, 0.717) is 37.6 Å². The zero-order valence-electron chi connectivity index (χ0n) is 16.1. The summed E-state index contributed by atoms with van der Waals surface area (Å²) in [7, 11) is 0. The van der Waals surface area contributed by atoms with Crippen molar-refractivity contribution in [3.8, 4) is 6.01 Å². The third-order valence-corrected chi connectivity index (χ3v) is 5.56. The number of hydrogen-bond donors (Lipinski definition) is 0. The molecule has 0 saturated carbocycles. The minimum absolute atomic E-state index is 0.114. The molecule has 1 fully saturated rings. The summed E-state index contributed by atoms with van der Waals surface area (Å²) in [6.45, 7) is 6.01. The van der Waals surface area contributed by atoms with Crippen LogP contribution in [0.5, 0.6) is 6.01 Å². The Balaban J connectivity index is 1.27. The zero-order valence-corrected chi connectivity index (χ0v) is 16.8. The number of imidazole rings is 1. The molecule has 29 heavy (non-hydrogen) atoms. The van der Waals surface area contributed by atoms with Gasteiger partial charge in [0.1, 0.15) is 11.8 Å². The molecule has 3 heterocycles. The molecule has 2 aliphatic heterocycles. The summed E-state index contributed by atoms with van der Waals surface area (Å²) >= 11 is 5.89. The number of nitro groups is 1. The van der Waals surface area contributed by atoms with Gasteiger partial charge in [-0.15, -0.1) is 0 Å². The van der Waals surface area contributed by atoms with Crippen LogP contribution in [0.25, 0.3) is 0 Å². The van der Waals surface area contributed by atoms with Crippen LogP contribution in [-0.4, -0.2) is 68.5 Å². The number of halogens is 1. The first kappa shape index (κ1) is 19.7. The van der Waals surface area contributed by atoms with Crippen LogP contribution < -0.4 is 4.74 Å². The number of rotatable bonds is 5. The fourth-order valence-corrected chi connectivity index (χ4v) is 4.01. The van der Waals surface area contributed by atoms with Gasteiger partial charge in [0.25, 0.3) is 0 Å². The van der Waals surface area contributed by atoms with Crippen LogP contribution in [0, 0.1) is 10.1 Å². The lowest BCUT2D eigenvalue weighted by Gasteiger charge is -2.38. The summed E-state index contributed by atoms with van der Waals surface area (Å²) in [5, 5.41) is 11.5. The lowest BCUT2D eigenvalue weighted by Crippen LogP contribution is -2.54. The Morgan fingerprint density at radius 3 is 2.59 bits per heavy atom. The van der Waals surface area contributed by atoms with E-state index < -0.39 is 10.5 Å². The zero-order chi connectivity index (χ0) is 20.6. The molecule has 9 nitrogen and oxygen atoms in total. The van der Waals surface area contributed by atoms with E-state index in [4.69, 9.17) is 16.3 Å². The fraction of sp³-hybridized carbons (Fsp3) is 0.474. The number of ether oxygens (including phenoxy) is 1. The van der Waals surface area contributed by atoms with E-state index in [1.807, 2.05) is 24.0 Å². The van der Waals surface area contributed by atoms with E-state index in [1.54, 1.807) is 16.7 Å².